The van der Waals surface area contributed by atoms with E-state index in [1.165, 1.54) is 0 Å². The van der Waals surface area contributed by atoms with Crippen molar-refractivity contribution in [1.82, 2.24) is 0 Å². The van der Waals surface area contributed by atoms with Crippen molar-refractivity contribution in [3.63, 3.8) is 0 Å². The minimum atomic E-state index is -0.814. The summed E-state index contributed by atoms with van der Waals surface area (Å²) in [6.07, 6.45) is -0.814. The number of hydrogen-bond acceptors (Lipinski definition) is 4. The minimum absolute atomic E-state index is 0.0713. The second kappa shape index (κ2) is 7.33. The fourth-order valence-electron chi connectivity index (χ4n) is 2.31. The molecule has 0 heterocycles. The molecule has 0 saturated heterocycles. The zero-order valence-electron chi connectivity index (χ0n) is 12.9. The van der Waals surface area contributed by atoms with E-state index in [9.17, 15) is 9.90 Å². The van der Waals surface area contributed by atoms with Crippen molar-refractivity contribution in [3.8, 4) is 22.6 Å². The summed E-state index contributed by atoms with van der Waals surface area (Å²) in [5, 5.41) is 10.4. The molecule has 1 N–H and O–H groups in total. The number of ether oxygens (including phenoxy) is 2. The molecule has 4 nitrogen and oxygen atoms in total. The fraction of sp³-hybridized carbons (Fsp3) is 0.0500. The lowest BCUT2D eigenvalue weighted by Gasteiger charge is -2.10. The van der Waals surface area contributed by atoms with Crippen LogP contribution in [-0.2, 0) is 11.3 Å². The molecule has 0 aromatic heterocycles. The van der Waals surface area contributed by atoms with E-state index in [2.05, 4.69) is 0 Å². The van der Waals surface area contributed by atoms with Gasteiger partial charge in [0, 0.05) is 11.1 Å². The number of aromatic hydroxyl groups is 1. The zero-order valence-corrected chi connectivity index (χ0v) is 12.9. The van der Waals surface area contributed by atoms with Gasteiger partial charge in [-0.25, -0.2) is 4.79 Å². The van der Waals surface area contributed by atoms with Crippen LogP contribution in [0.15, 0.2) is 78.9 Å². The molecule has 120 valence electrons. The normalized spacial score (nSPS) is 10.2. The molecule has 4 heteroatoms. The van der Waals surface area contributed by atoms with Crippen LogP contribution in [0.3, 0.4) is 0 Å². The highest BCUT2D eigenvalue weighted by molar-refractivity contribution is 5.72. The van der Waals surface area contributed by atoms with Crippen molar-refractivity contribution in [2.45, 2.75) is 6.61 Å². The van der Waals surface area contributed by atoms with Gasteiger partial charge in [-0.3, -0.25) is 0 Å². The molecule has 24 heavy (non-hydrogen) atoms. The summed E-state index contributed by atoms with van der Waals surface area (Å²) in [7, 11) is 0. The van der Waals surface area contributed by atoms with E-state index in [0.717, 1.165) is 5.56 Å². The second-order valence-corrected chi connectivity index (χ2v) is 5.13. The molecule has 0 fully saturated rings. The monoisotopic (exact) mass is 320 g/mol. The molecule has 0 unspecified atom stereocenters. The standard InChI is InChI=1S/C20H16O4/c21-19-16(10-7-13-18(19)15-8-3-1-4-9-15)14-23-20(22)24-17-11-5-2-6-12-17/h1-13,21H,14H2. The van der Waals surface area contributed by atoms with Crippen LogP contribution >= 0.6 is 0 Å². The van der Waals surface area contributed by atoms with E-state index in [-0.39, 0.29) is 12.4 Å². The molecule has 3 aromatic rings. The topological polar surface area (TPSA) is 55.8 Å². The van der Waals surface area contributed by atoms with Gasteiger partial charge >= 0.3 is 6.16 Å². The molecule has 0 saturated carbocycles. The zero-order chi connectivity index (χ0) is 16.8. The Morgan fingerprint density at radius 1 is 0.833 bits per heavy atom. The smallest absolute Gasteiger partial charge is 0.507 e. The van der Waals surface area contributed by atoms with Crippen LogP contribution in [0.4, 0.5) is 4.79 Å². The van der Waals surface area contributed by atoms with Crippen molar-refractivity contribution < 1.29 is 19.4 Å². The second-order valence-electron chi connectivity index (χ2n) is 5.13. The van der Waals surface area contributed by atoms with Gasteiger partial charge in [0.25, 0.3) is 0 Å². The number of carbonyl (C=O) groups excluding carboxylic acids is 1. The first-order valence-electron chi connectivity index (χ1n) is 7.50. The first-order valence-corrected chi connectivity index (χ1v) is 7.50. The van der Waals surface area contributed by atoms with Crippen molar-refractivity contribution in [2.75, 3.05) is 0 Å². The van der Waals surface area contributed by atoms with E-state index in [1.54, 1.807) is 30.3 Å². The maximum atomic E-state index is 11.7. The molecular formula is C20H16O4. The Morgan fingerprint density at radius 2 is 1.50 bits per heavy atom. The number of rotatable bonds is 4. The Hall–Kier alpha value is -3.27. The molecule has 0 spiro atoms. The van der Waals surface area contributed by atoms with Gasteiger partial charge in [0.15, 0.2) is 0 Å². The Balaban J connectivity index is 1.69. The summed E-state index contributed by atoms with van der Waals surface area (Å²) in [6, 6.07) is 23.5. The molecule has 0 aliphatic carbocycles. The first-order chi connectivity index (χ1) is 11.7. The molecule has 0 atom stereocenters. The Morgan fingerprint density at radius 3 is 2.21 bits per heavy atom. The van der Waals surface area contributed by atoms with Gasteiger partial charge in [0.2, 0.25) is 0 Å². The van der Waals surface area contributed by atoms with Crippen LogP contribution in [-0.4, -0.2) is 11.3 Å². The minimum Gasteiger partial charge on any atom is -0.507 e. The summed E-state index contributed by atoms with van der Waals surface area (Å²) in [4.78, 5) is 11.7. The Labute approximate surface area is 139 Å². The molecule has 0 radical (unpaired) electrons. The summed E-state index contributed by atoms with van der Waals surface area (Å²) >= 11 is 0. The third-order valence-electron chi connectivity index (χ3n) is 3.49. The molecule has 0 amide bonds. The van der Waals surface area contributed by atoms with Gasteiger partial charge in [-0.15, -0.1) is 0 Å². The SMILES string of the molecule is O=C(OCc1cccc(-c2ccccc2)c1O)Oc1ccccc1. The van der Waals surface area contributed by atoms with Crippen LogP contribution in [0.2, 0.25) is 0 Å². The Bertz CT molecular complexity index is 814. The number of phenolic OH excluding ortho intramolecular Hbond substituents is 1. The number of carbonyl (C=O) groups is 1. The fourth-order valence-corrected chi connectivity index (χ4v) is 2.31. The van der Waals surface area contributed by atoms with E-state index in [1.807, 2.05) is 48.5 Å². The number of phenols is 1. The lowest BCUT2D eigenvalue weighted by molar-refractivity contribution is 0.0922. The van der Waals surface area contributed by atoms with Crippen LogP contribution < -0.4 is 4.74 Å². The maximum absolute atomic E-state index is 11.7. The van der Waals surface area contributed by atoms with E-state index < -0.39 is 6.16 Å². The van der Waals surface area contributed by atoms with Gasteiger partial charge in [0.1, 0.15) is 18.1 Å². The lowest BCUT2D eigenvalue weighted by atomic mass is 10.0. The predicted molar refractivity (Wildman–Crippen MR) is 90.8 cm³/mol. The van der Waals surface area contributed by atoms with Crippen molar-refractivity contribution in [1.29, 1.82) is 0 Å². The number of para-hydroxylation sites is 2. The summed E-state index contributed by atoms with van der Waals surface area (Å²) in [6.45, 7) is -0.0713. The van der Waals surface area contributed by atoms with E-state index >= 15 is 0 Å². The average Bonchev–Trinajstić information content (AvgIpc) is 2.62. The third-order valence-corrected chi connectivity index (χ3v) is 3.49. The highest BCUT2D eigenvalue weighted by atomic mass is 16.7. The van der Waals surface area contributed by atoms with Crippen molar-refractivity contribution in [2.24, 2.45) is 0 Å². The summed E-state index contributed by atoms with van der Waals surface area (Å²) in [5.41, 5.74) is 2.10. The summed E-state index contributed by atoms with van der Waals surface area (Å²) < 4.78 is 10.1. The van der Waals surface area contributed by atoms with E-state index in [0.29, 0.717) is 16.9 Å². The number of hydrogen-bond donors (Lipinski definition) is 1. The highest BCUT2D eigenvalue weighted by Crippen LogP contribution is 2.32. The van der Waals surface area contributed by atoms with Crippen molar-refractivity contribution in [3.05, 3.63) is 84.4 Å². The highest BCUT2D eigenvalue weighted by Gasteiger charge is 2.12. The maximum Gasteiger partial charge on any atom is 0.514 e. The molecule has 0 aliphatic rings. The van der Waals surface area contributed by atoms with E-state index in [4.69, 9.17) is 9.47 Å². The largest absolute Gasteiger partial charge is 0.514 e. The van der Waals surface area contributed by atoms with Crippen LogP contribution in [0, 0.1) is 0 Å². The average molecular weight is 320 g/mol. The predicted octanol–water partition coefficient (Wildman–Crippen LogP) is 4.77. The molecule has 0 bridgehead atoms. The molecule has 0 aliphatic heterocycles. The lowest BCUT2D eigenvalue weighted by Crippen LogP contribution is -2.10. The van der Waals surface area contributed by atoms with Crippen LogP contribution in [0.25, 0.3) is 11.1 Å². The van der Waals surface area contributed by atoms with Crippen molar-refractivity contribution >= 4 is 6.16 Å². The van der Waals surface area contributed by atoms with Gasteiger partial charge in [-0.2, -0.15) is 0 Å². The molecular weight excluding hydrogens is 304 g/mol. The summed E-state index contributed by atoms with van der Waals surface area (Å²) in [5.74, 6) is 0.501. The molecule has 3 aromatic carbocycles. The quantitative estimate of drug-likeness (QED) is 0.555. The van der Waals surface area contributed by atoms with Gasteiger partial charge in [0.05, 0.1) is 0 Å². The number of benzene rings is 3. The van der Waals surface area contributed by atoms with Gasteiger partial charge < -0.3 is 14.6 Å². The van der Waals surface area contributed by atoms with Gasteiger partial charge in [-0.1, -0.05) is 66.7 Å². The first kappa shape index (κ1) is 15.6. The third kappa shape index (κ3) is 3.73. The Kier molecular flexibility index (Phi) is 4.77. The van der Waals surface area contributed by atoms with Gasteiger partial charge in [-0.05, 0) is 17.7 Å². The van der Waals surface area contributed by atoms with Crippen LogP contribution in [0.5, 0.6) is 11.5 Å². The molecule has 3 rings (SSSR count). The van der Waals surface area contributed by atoms with Crippen LogP contribution in [0.1, 0.15) is 5.56 Å².